The highest BCUT2D eigenvalue weighted by Gasteiger charge is 2.10. The molecule has 1 aliphatic heterocycles. The lowest BCUT2D eigenvalue weighted by Gasteiger charge is -2.19. The molecule has 1 unspecified atom stereocenters. The van der Waals surface area contributed by atoms with Gasteiger partial charge in [-0.15, -0.1) is 0 Å². The van der Waals surface area contributed by atoms with Gasteiger partial charge in [0, 0.05) is 18.9 Å². The highest BCUT2D eigenvalue weighted by Crippen LogP contribution is 2.06. The zero-order chi connectivity index (χ0) is 8.27. The first kappa shape index (κ1) is 8.14. The average Bonchev–Trinajstić information content (AvgIpc) is 2.34. The first-order chi connectivity index (χ1) is 5.22. The molecule has 0 fully saturated rings. The predicted octanol–water partition coefficient (Wildman–Crippen LogP) is 0.557. The Labute approximate surface area is 67.2 Å². The third-order valence-electron chi connectivity index (χ3n) is 1.55. The summed E-state index contributed by atoms with van der Waals surface area (Å²) in [6.07, 6.45) is 5.38. The molecule has 0 aromatic rings. The van der Waals surface area contributed by atoms with Gasteiger partial charge >= 0.3 is 0 Å². The SMILES string of the molecule is C=CN1C=CN(CC(C)O)C1. The number of aliphatic hydroxyl groups is 1. The summed E-state index contributed by atoms with van der Waals surface area (Å²) in [4.78, 5) is 3.99. The summed E-state index contributed by atoms with van der Waals surface area (Å²) in [7, 11) is 0. The van der Waals surface area contributed by atoms with E-state index < -0.39 is 0 Å². The predicted molar refractivity (Wildman–Crippen MR) is 44.4 cm³/mol. The Balaban J connectivity index is 2.31. The number of rotatable bonds is 3. The van der Waals surface area contributed by atoms with Crippen molar-refractivity contribution in [1.82, 2.24) is 9.80 Å². The molecule has 0 aromatic carbocycles. The van der Waals surface area contributed by atoms with Gasteiger partial charge in [0.15, 0.2) is 0 Å². The highest BCUT2D eigenvalue weighted by molar-refractivity contribution is 4.95. The topological polar surface area (TPSA) is 26.7 Å². The van der Waals surface area contributed by atoms with Crippen molar-refractivity contribution in [3.63, 3.8) is 0 Å². The molecule has 1 N–H and O–H groups in total. The van der Waals surface area contributed by atoms with Gasteiger partial charge in [0.1, 0.15) is 0 Å². The number of β-amino-alcohol motifs (C(OH)–C–C–N with tert-alkyl or cyclic N) is 1. The fourth-order valence-electron chi connectivity index (χ4n) is 1.06. The number of aliphatic hydroxyl groups excluding tert-OH is 1. The van der Waals surface area contributed by atoms with E-state index in [4.69, 9.17) is 5.11 Å². The van der Waals surface area contributed by atoms with Crippen molar-refractivity contribution < 1.29 is 5.11 Å². The van der Waals surface area contributed by atoms with Gasteiger partial charge in [0.2, 0.25) is 0 Å². The molecule has 1 heterocycles. The second-order valence-electron chi connectivity index (χ2n) is 2.76. The van der Waals surface area contributed by atoms with Gasteiger partial charge in [-0.3, -0.25) is 0 Å². The molecular formula is C8H14N2O. The van der Waals surface area contributed by atoms with Crippen LogP contribution in [0.15, 0.2) is 25.2 Å². The third kappa shape index (κ3) is 2.27. The first-order valence-corrected chi connectivity index (χ1v) is 3.71. The Morgan fingerprint density at radius 1 is 1.73 bits per heavy atom. The average molecular weight is 154 g/mol. The molecule has 11 heavy (non-hydrogen) atoms. The Morgan fingerprint density at radius 3 is 2.91 bits per heavy atom. The van der Waals surface area contributed by atoms with Crippen LogP contribution < -0.4 is 0 Å². The van der Waals surface area contributed by atoms with E-state index in [-0.39, 0.29) is 6.10 Å². The Bertz CT molecular complexity index is 165. The van der Waals surface area contributed by atoms with E-state index in [2.05, 4.69) is 6.58 Å². The summed E-state index contributed by atoms with van der Waals surface area (Å²) < 4.78 is 0. The van der Waals surface area contributed by atoms with Crippen LogP contribution in [-0.4, -0.2) is 34.2 Å². The molecule has 0 bridgehead atoms. The third-order valence-corrected chi connectivity index (χ3v) is 1.55. The molecule has 3 heteroatoms. The Morgan fingerprint density at radius 2 is 2.45 bits per heavy atom. The van der Waals surface area contributed by atoms with Crippen molar-refractivity contribution in [3.8, 4) is 0 Å². The summed E-state index contributed by atoms with van der Waals surface area (Å²) in [5.41, 5.74) is 0. The van der Waals surface area contributed by atoms with Crippen molar-refractivity contribution in [2.75, 3.05) is 13.2 Å². The van der Waals surface area contributed by atoms with Crippen LogP contribution in [0, 0.1) is 0 Å². The lowest BCUT2D eigenvalue weighted by Crippen LogP contribution is -2.28. The van der Waals surface area contributed by atoms with Crippen LogP contribution in [0.4, 0.5) is 0 Å². The minimum Gasteiger partial charge on any atom is -0.392 e. The van der Waals surface area contributed by atoms with Crippen molar-refractivity contribution in [2.45, 2.75) is 13.0 Å². The maximum Gasteiger partial charge on any atom is 0.0936 e. The molecule has 1 rings (SSSR count). The van der Waals surface area contributed by atoms with Crippen molar-refractivity contribution in [3.05, 3.63) is 25.2 Å². The summed E-state index contributed by atoms with van der Waals surface area (Å²) in [6, 6.07) is 0. The van der Waals surface area contributed by atoms with E-state index in [1.54, 1.807) is 13.1 Å². The zero-order valence-electron chi connectivity index (χ0n) is 6.77. The van der Waals surface area contributed by atoms with Crippen LogP contribution in [0.1, 0.15) is 6.92 Å². The van der Waals surface area contributed by atoms with E-state index in [1.807, 2.05) is 22.2 Å². The normalized spacial score (nSPS) is 19.1. The highest BCUT2D eigenvalue weighted by atomic mass is 16.3. The van der Waals surface area contributed by atoms with Gasteiger partial charge in [-0.25, -0.2) is 0 Å². The van der Waals surface area contributed by atoms with Crippen LogP contribution in [0.5, 0.6) is 0 Å². The van der Waals surface area contributed by atoms with E-state index in [0.29, 0.717) is 6.54 Å². The lowest BCUT2D eigenvalue weighted by atomic mass is 10.4. The molecule has 62 valence electrons. The first-order valence-electron chi connectivity index (χ1n) is 3.71. The van der Waals surface area contributed by atoms with Gasteiger partial charge in [-0.1, -0.05) is 6.58 Å². The molecule has 0 saturated carbocycles. The molecule has 1 atom stereocenters. The van der Waals surface area contributed by atoms with Crippen LogP contribution in [-0.2, 0) is 0 Å². The summed E-state index contributed by atoms with van der Waals surface area (Å²) >= 11 is 0. The standard InChI is InChI=1S/C8H14N2O/c1-3-9-4-5-10(7-9)6-8(2)11/h3-5,8,11H,1,6-7H2,2H3. The molecule has 1 aliphatic rings. The molecule has 0 saturated heterocycles. The minimum absolute atomic E-state index is 0.274. The van der Waals surface area contributed by atoms with Gasteiger partial charge in [0.25, 0.3) is 0 Å². The van der Waals surface area contributed by atoms with Crippen molar-refractivity contribution >= 4 is 0 Å². The lowest BCUT2D eigenvalue weighted by molar-refractivity contribution is 0.144. The fourth-order valence-corrected chi connectivity index (χ4v) is 1.06. The number of hydrogen-bond donors (Lipinski definition) is 1. The molecular weight excluding hydrogens is 140 g/mol. The number of hydrogen-bond acceptors (Lipinski definition) is 3. The molecule has 0 aliphatic carbocycles. The quantitative estimate of drug-likeness (QED) is 0.643. The van der Waals surface area contributed by atoms with Gasteiger partial charge in [0.05, 0.1) is 12.8 Å². The van der Waals surface area contributed by atoms with Gasteiger partial charge in [-0.2, -0.15) is 0 Å². The van der Waals surface area contributed by atoms with E-state index >= 15 is 0 Å². The summed E-state index contributed by atoms with van der Waals surface area (Å²) in [5.74, 6) is 0. The van der Waals surface area contributed by atoms with E-state index in [9.17, 15) is 0 Å². The zero-order valence-corrected chi connectivity index (χ0v) is 6.77. The van der Waals surface area contributed by atoms with Crippen LogP contribution in [0.3, 0.4) is 0 Å². The maximum atomic E-state index is 9.05. The summed E-state index contributed by atoms with van der Waals surface area (Å²) in [6.45, 7) is 6.91. The fraction of sp³-hybridized carbons (Fsp3) is 0.500. The van der Waals surface area contributed by atoms with Crippen molar-refractivity contribution in [2.24, 2.45) is 0 Å². The smallest absolute Gasteiger partial charge is 0.0936 e. The Hall–Kier alpha value is -0.960. The van der Waals surface area contributed by atoms with Gasteiger partial charge in [-0.05, 0) is 13.1 Å². The van der Waals surface area contributed by atoms with E-state index in [1.165, 1.54) is 0 Å². The van der Waals surface area contributed by atoms with E-state index in [0.717, 1.165) is 6.67 Å². The largest absolute Gasteiger partial charge is 0.392 e. The number of nitrogens with zero attached hydrogens (tertiary/aromatic N) is 2. The van der Waals surface area contributed by atoms with Crippen LogP contribution >= 0.6 is 0 Å². The molecule has 0 spiro atoms. The van der Waals surface area contributed by atoms with Crippen LogP contribution in [0.2, 0.25) is 0 Å². The monoisotopic (exact) mass is 154 g/mol. The minimum atomic E-state index is -0.274. The second kappa shape index (κ2) is 3.44. The molecule has 0 radical (unpaired) electrons. The van der Waals surface area contributed by atoms with Crippen molar-refractivity contribution in [1.29, 1.82) is 0 Å². The Kier molecular flexibility index (Phi) is 2.54. The maximum absolute atomic E-state index is 9.05. The molecule has 0 aromatic heterocycles. The molecule has 0 amide bonds. The second-order valence-corrected chi connectivity index (χ2v) is 2.76. The van der Waals surface area contributed by atoms with Gasteiger partial charge < -0.3 is 14.9 Å². The van der Waals surface area contributed by atoms with Crippen LogP contribution in [0.25, 0.3) is 0 Å². The molecule has 3 nitrogen and oxygen atoms in total. The summed E-state index contributed by atoms with van der Waals surface area (Å²) in [5, 5.41) is 9.05.